The zero-order valence-electron chi connectivity index (χ0n) is 24.5. The number of aromatic hydroxyl groups is 1. The van der Waals surface area contributed by atoms with Crippen molar-refractivity contribution < 1.29 is 39.5 Å². The third kappa shape index (κ3) is 4.61. The molecule has 0 aromatic heterocycles. The number of allylic oxidation sites excluding steroid dienone is 1. The van der Waals surface area contributed by atoms with Gasteiger partial charge in [0.05, 0.1) is 24.8 Å². The van der Waals surface area contributed by atoms with Gasteiger partial charge in [-0.25, -0.2) is 0 Å². The zero-order chi connectivity index (χ0) is 32.1. The molecule has 0 unspecified atom stereocenters. The van der Waals surface area contributed by atoms with Crippen LogP contribution < -0.4 is 15.8 Å². The molecule has 7 N–H and O–H groups in total. The summed E-state index contributed by atoms with van der Waals surface area (Å²) in [6.07, 6.45) is 0.488. The van der Waals surface area contributed by atoms with Crippen molar-refractivity contribution in [3.05, 3.63) is 69.7 Å². The number of hydrogen-bond donors (Lipinski definition) is 6. The van der Waals surface area contributed by atoms with E-state index in [1.54, 1.807) is 26.2 Å². The van der Waals surface area contributed by atoms with E-state index in [0.29, 0.717) is 42.0 Å². The Balaban J connectivity index is 1.66. The number of aliphatic hydroxyl groups excluding tert-OH is 2. The van der Waals surface area contributed by atoms with E-state index in [9.17, 15) is 34.8 Å². The summed E-state index contributed by atoms with van der Waals surface area (Å²) in [5.41, 5.74) is 4.20. The quantitative estimate of drug-likeness (QED) is 0.190. The van der Waals surface area contributed by atoms with E-state index in [1.807, 2.05) is 12.1 Å². The molecular formula is C32H34N4O8. The number of phenolic OH excluding ortho intramolecular Hbond substituents is 1. The van der Waals surface area contributed by atoms with Crippen molar-refractivity contribution in [2.45, 2.75) is 37.5 Å². The predicted octanol–water partition coefficient (Wildman–Crippen LogP) is 1.80. The minimum atomic E-state index is -2.70. The Labute approximate surface area is 253 Å². The largest absolute Gasteiger partial charge is 0.510 e. The lowest BCUT2D eigenvalue weighted by atomic mass is 9.58. The summed E-state index contributed by atoms with van der Waals surface area (Å²) in [6.45, 7) is 0.989. The number of fused-ring (bicyclic) bond motifs is 3. The molecule has 0 saturated heterocycles. The number of Topliss-reactive ketones (excluding diaryl/α,β-unsaturated/α-hetero) is 2. The lowest BCUT2D eigenvalue weighted by Crippen LogP contribution is -2.63. The zero-order valence-corrected chi connectivity index (χ0v) is 24.5. The molecule has 0 aliphatic heterocycles. The van der Waals surface area contributed by atoms with Gasteiger partial charge in [0.15, 0.2) is 11.4 Å². The van der Waals surface area contributed by atoms with E-state index in [1.165, 1.54) is 18.1 Å². The number of ketones is 2. The molecule has 1 amide bonds. The number of likely N-dealkylation sites (N-methyl/N-ethyl adjacent to an activating group) is 1. The van der Waals surface area contributed by atoms with Crippen LogP contribution in [0.25, 0.3) is 11.1 Å². The molecule has 3 aliphatic carbocycles. The van der Waals surface area contributed by atoms with Gasteiger partial charge in [-0.1, -0.05) is 12.1 Å². The number of nitrogens with one attached hydrogen (secondary N) is 1. The number of rotatable bonds is 8. The lowest BCUT2D eigenvalue weighted by Gasteiger charge is -2.50. The van der Waals surface area contributed by atoms with Crippen molar-refractivity contribution >= 4 is 17.5 Å². The first kappa shape index (κ1) is 30.7. The Bertz CT molecular complexity index is 1690. The molecule has 12 heteroatoms. The molecule has 0 saturated carbocycles. The van der Waals surface area contributed by atoms with Crippen LogP contribution in [-0.4, -0.2) is 82.2 Å². The van der Waals surface area contributed by atoms with Gasteiger partial charge in [0.1, 0.15) is 28.6 Å². The number of carbonyl (C=O) groups excluding carboxylic acids is 3. The maximum Gasteiger partial charge on any atom is 0.255 e. The molecule has 2 aromatic carbocycles. The fourth-order valence-electron chi connectivity index (χ4n) is 6.96. The highest BCUT2D eigenvalue weighted by atomic mass is 16.5. The molecular weight excluding hydrogens is 568 g/mol. The van der Waals surface area contributed by atoms with Crippen molar-refractivity contribution in [2.24, 2.45) is 17.6 Å². The van der Waals surface area contributed by atoms with Crippen LogP contribution in [0.1, 0.15) is 34.3 Å². The summed E-state index contributed by atoms with van der Waals surface area (Å²) in [6, 6.07) is 9.62. The number of amides is 1. The summed E-state index contributed by atoms with van der Waals surface area (Å²) in [5, 5.41) is 57.2. The normalized spacial score (nSPS) is 24.5. The highest BCUT2D eigenvalue weighted by Gasteiger charge is 2.63. The van der Waals surface area contributed by atoms with Gasteiger partial charge in [-0.15, -0.1) is 0 Å². The van der Waals surface area contributed by atoms with Crippen molar-refractivity contribution in [1.82, 2.24) is 10.2 Å². The molecule has 0 heterocycles. The molecule has 44 heavy (non-hydrogen) atoms. The topological polar surface area (TPSA) is 206 Å². The Hall–Kier alpha value is -4.70. The summed E-state index contributed by atoms with van der Waals surface area (Å²) >= 11 is 0. The molecule has 5 rings (SSSR count). The number of nitrogens with zero attached hydrogens (tertiary/aromatic N) is 2. The van der Waals surface area contributed by atoms with E-state index in [4.69, 9.17) is 15.7 Å². The molecule has 2 aromatic rings. The second kappa shape index (κ2) is 11.4. The number of nitrogens with two attached hydrogens (primary N) is 1. The summed E-state index contributed by atoms with van der Waals surface area (Å²) in [7, 11) is 4.68. The molecule has 3 aliphatic rings. The van der Waals surface area contributed by atoms with E-state index < -0.39 is 58.0 Å². The fraction of sp³-hybridized carbons (Fsp3) is 0.375. The Morgan fingerprint density at radius 2 is 1.91 bits per heavy atom. The van der Waals surface area contributed by atoms with Crippen LogP contribution in [0.5, 0.6) is 11.5 Å². The number of primary amides is 1. The molecule has 0 radical (unpaired) electrons. The van der Waals surface area contributed by atoms with Gasteiger partial charge >= 0.3 is 0 Å². The summed E-state index contributed by atoms with van der Waals surface area (Å²) in [4.78, 5) is 41.3. The second-order valence-corrected chi connectivity index (χ2v) is 11.6. The number of carbonyl (C=O) groups is 3. The maximum atomic E-state index is 14.1. The van der Waals surface area contributed by atoms with Gasteiger partial charge < -0.3 is 36.2 Å². The van der Waals surface area contributed by atoms with Crippen LogP contribution in [-0.2, 0) is 22.6 Å². The van der Waals surface area contributed by atoms with Crippen molar-refractivity contribution in [2.75, 3.05) is 27.7 Å². The third-order valence-corrected chi connectivity index (χ3v) is 8.90. The average Bonchev–Trinajstić information content (AvgIpc) is 2.97. The number of aliphatic hydroxyl groups is 3. The van der Waals surface area contributed by atoms with E-state index >= 15 is 0 Å². The molecule has 230 valence electrons. The summed E-state index contributed by atoms with van der Waals surface area (Å²) in [5.74, 6) is -6.49. The SMILES string of the molecule is COc1ccc(CNCCC#N)cc1-c1ccc(O)c2c1C[C@H]1C[C@H]3[C@H](N(C)C)C(O)=C(C(N)=O)C(=O)[C@@]3(O)C(O)=C1C2=O. The van der Waals surface area contributed by atoms with Crippen LogP contribution in [0.4, 0.5) is 0 Å². The number of phenols is 1. The minimum absolute atomic E-state index is 0.0131. The summed E-state index contributed by atoms with van der Waals surface area (Å²) < 4.78 is 5.64. The monoisotopic (exact) mass is 602 g/mol. The first-order valence-corrected chi connectivity index (χ1v) is 14.1. The van der Waals surface area contributed by atoms with Gasteiger partial charge in [0.2, 0.25) is 5.78 Å². The van der Waals surface area contributed by atoms with Crippen molar-refractivity contribution in [3.63, 3.8) is 0 Å². The number of benzene rings is 2. The minimum Gasteiger partial charge on any atom is -0.510 e. The lowest BCUT2D eigenvalue weighted by molar-refractivity contribution is -0.148. The second-order valence-electron chi connectivity index (χ2n) is 11.6. The maximum absolute atomic E-state index is 14.1. The number of hydrogen-bond acceptors (Lipinski definition) is 11. The van der Waals surface area contributed by atoms with Gasteiger partial charge in [-0.05, 0) is 67.7 Å². The van der Waals surface area contributed by atoms with Crippen LogP contribution in [0.3, 0.4) is 0 Å². The Kier molecular flexibility index (Phi) is 7.98. The third-order valence-electron chi connectivity index (χ3n) is 8.90. The van der Waals surface area contributed by atoms with Crippen molar-refractivity contribution in [1.29, 1.82) is 5.26 Å². The Morgan fingerprint density at radius 3 is 2.55 bits per heavy atom. The van der Waals surface area contributed by atoms with E-state index in [0.717, 1.165) is 5.56 Å². The molecule has 0 spiro atoms. The molecule has 0 fully saturated rings. The van der Waals surface area contributed by atoms with Crippen LogP contribution in [0.15, 0.2) is 53.0 Å². The first-order valence-electron chi connectivity index (χ1n) is 14.1. The molecule has 4 atom stereocenters. The number of methoxy groups -OCH3 is 1. The average molecular weight is 603 g/mol. The standard InChI is InChI=1S/C32H34N4O8/c1-36(2)26-20-13-16-12-19-17(18-11-15(5-8-22(18)44-3)14-35-10-4-9-33)6-7-21(37)24(19)27(38)23(16)29(40)32(20,43)30(41)25(28(26)39)31(34)42/h5-8,11,16,20,26,35,37,39-40,43H,4,10,12-14H2,1-3H3,(H2,34,42)/t16-,20-,26-,32-/m0/s1. The van der Waals surface area contributed by atoms with E-state index in [-0.39, 0.29) is 29.7 Å². The van der Waals surface area contributed by atoms with Gasteiger partial charge in [-0.3, -0.25) is 19.3 Å². The van der Waals surface area contributed by atoms with E-state index in [2.05, 4.69) is 11.4 Å². The van der Waals surface area contributed by atoms with Crippen LogP contribution >= 0.6 is 0 Å². The number of nitriles is 1. The number of ether oxygens (including phenoxy) is 1. The smallest absolute Gasteiger partial charge is 0.255 e. The van der Waals surface area contributed by atoms with Gasteiger partial charge in [-0.2, -0.15) is 5.26 Å². The highest BCUT2D eigenvalue weighted by molar-refractivity contribution is 6.25. The van der Waals surface area contributed by atoms with Gasteiger partial charge in [0, 0.05) is 36.6 Å². The molecule has 12 nitrogen and oxygen atoms in total. The predicted molar refractivity (Wildman–Crippen MR) is 158 cm³/mol. The highest BCUT2D eigenvalue weighted by Crippen LogP contribution is 2.53. The van der Waals surface area contributed by atoms with Gasteiger partial charge in [0.25, 0.3) is 5.91 Å². The van der Waals surface area contributed by atoms with Crippen LogP contribution in [0.2, 0.25) is 0 Å². The molecule has 0 bridgehead atoms. The Morgan fingerprint density at radius 1 is 1.18 bits per heavy atom. The fourth-order valence-corrected chi connectivity index (χ4v) is 6.96. The van der Waals surface area contributed by atoms with Crippen molar-refractivity contribution in [3.8, 4) is 28.7 Å². The van der Waals surface area contributed by atoms with Crippen LogP contribution in [0, 0.1) is 23.2 Å². The first-order chi connectivity index (χ1) is 20.9.